The van der Waals surface area contributed by atoms with Gasteiger partial charge in [0.05, 0.1) is 12.4 Å². The number of nitrogens with zero attached hydrogens (tertiary/aromatic N) is 2. The molecule has 1 fully saturated rings. The minimum absolute atomic E-state index is 0.0246. The van der Waals surface area contributed by atoms with Gasteiger partial charge in [-0.25, -0.2) is 9.78 Å². The van der Waals surface area contributed by atoms with Crippen LogP contribution in [0, 0.1) is 0 Å². The van der Waals surface area contributed by atoms with E-state index in [2.05, 4.69) is 20.6 Å². The number of carboxylic acids is 2. The zero-order valence-corrected chi connectivity index (χ0v) is 19.5. The van der Waals surface area contributed by atoms with E-state index < -0.39 is 66.2 Å². The number of hydrogen-bond donors (Lipinski definition) is 7. The molecule has 1 aliphatic heterocycles. The number of nitrogens with two attached hydrogens (primary N) is 2. The van der Waals surface area contributed by atoms with Gasteiger partial charge in [-0.05, 0) is 25.7 Å². The Balaban J connectivity index is 2.13. The van der Waals surface area contributed by atoms with Crippen LogP contribution in [-0.2, 0) is 35.2 Å². The molecule has 0 aromatic carbocycles. The first kappa shape index (κ1) is 28.2. The molecule has 15 nitrogen and oxygen atoms in total. The lowest BCUT2D eigenvalue weighted by atomic mass is 10.1. The molecule has 2 rings (SSSR count). The summed E-state index contributed by atoms with van der Waals surface area (Å²) in [4.78, 5) is 80.1. The number of carbonyl (C=O) groups is 6. The highest BCUT2D eigenvalue weighted by Crippen LogP contribution is 2.19. The molecule has 1 aromatic heterocycles. The van der Waals surface area contributed by atoms with E-state index in [1.807, 2.05) is 0 Å². The van der Waals surface area contributed by atoms with Crippen LogP contribution in [0.25, 0.3) is 0 Å². The van der Waals surface area contributed by atoms with Gasteiger partial charge in [0.25, 0.3) is 0 Å². The number of aromatic nitrogens is 2. The highest BCUT2D eigenvalue weighted by Gasteiger charge is 2.38. The zero-order valence-electron chi connectivity index (χ0n) is 19.5. The number of carboxylic acid groups (broad SMARTS) is 2. The molecule has 1 aliphatic rings. The lowest BCUT2D eigenvalue weighted by Crippen LogP contribution is -2.57. The van der Waals surface area contributed by atoms with Gasteiger partial charge in [0.15, 0.2) is 0 Å². The maximum absolute atomic E-state index is 13.1. The fourth-order valence-corrected chi connectivity index (χ4v) is 3.83. The molecule has 2 heterocycles. The molecule has 9 N–H and O–H groups in total. The van der Waals surface area contributed by atoms with Gasteiger partial charge in [0.2, 0.25) is 23.6 Å². The number of H-pyrrole nitrogens is 1. The van der Waals surface area contributed by atoms with Crippen molar-refractivity contribution in [2.24, 2.45) is 11.5 Å². The Morgan fingerprint density at radius 1 is 1.11 bits per heavy atom. The first-order valence-corrected chi connectivity index (χ1v) is 11.4. The predicted octanol–water partition coefficient (Wildman–Crippen LogP) is -2.54. The zero-order chi connectivity index (χ0) is 26.8. The number of aromatic amines is 1. The van der Waals surface area contributed by atoms with Crippen molar-refractivity contribution in [1.29, 1.82) is 0 Å². The number of amides is 4. The quantitative estimate of drug-likeness (QED) is 0.138. The normalized spacial score (nSPS) is 17.6. The summed E-state index contributed by atoms with van der Waals surface area (Å²) in [6.07, 6.45) is 2.65. The Kier molecular flexibility index (Phi) is 10.3. The van der Waals surface area contributed by atoms with E-state index in [0.717, 1.165) is 0 Å². The molecule has 0 bridgehead atoms. The van der Waals surface area contributed by atoms with Crippen LogP contribution in [0.1, 0.15) is 44.2 Å². The molecule has 15 heteroatoms. The smallest absolute Gasteiger partial charge is 0.326 e. The molecule has 0 aliphatic carbocycles. The average Bonchev–Trinajstić information content (AvgIpc) is 3.50. The van der Waals surface area contributed by atoms with Crippen LogP contribution < -0.4 is 22.1 Å². The summed E-state index contributed by atoms with van der Waals surface area (Å²) < 4.78 is 0. The molecule has 198 valence electrons. The number of carbonyl (C=O) groups excluding carboxylic acids is 4. The van der Waals surface area contributed by atoms with Crippen molar-refractivity contribution in [3.8, 4) is 0 Å². The number of hydrogen-bond acceptors (Lipinski definition) is 8. The molecule has 1 saturated heterocycles. The fourth-order valence-electron chi connectivity index (χ4n) is 3.83. The van der Waals surface area contributed by atoms with Crippen molar-refractivity contribution in [2.75, 3.05) is 6.54 Å². The summed E-state index contributed by atoms with van der Waals surface area (Å²) in [7, 11) is 0. The molecule has 36 heavy (non-hydrogen) atoms. The van der Waals surface area contributed by atoms with Crippen molar-refractivity contribution >= 4 is 35.6 Å². The fraction of sp³-hybridized carbons (Fsp3) is 0.571. The summed E-state index contributed by atoms with van der Waals surface area (Å²) >= 11 is 0. The number of likely N-dealkylation sites (tertiary alicyclic amines) is 1. The Labute approximate surface area is 206 Å². The Morgan fingerprint density at radius 3 is 2.42 bits per heavy atom. The average molecular weight is 510 g/mol. The Morgan fingerprint density at radius 2 is 1.83 bits per heavy atom. The number of nitrogens with one attached hydrogen (secondary N) is 3. The van der Waals surface area contributed by atoms with E-state index in [0.29, 0.717) is 18.5 Å². The summed E-state index contributed by atoms with van der Waals surface area (Å²) in [5, 5.41) is 23.0. The second-order valence-electron chi connectivity index (χ2n) is 8.48. The topological polar surface area (TPSA) is 251 Å². The molecule has 4 unspecified atom stereocenters. The number of aliphatic carboxylic acids is 2. The second kappa shape index (κ2) is 13.2. The largest absolute Gasteiger partial charge is 0.481 e. The molecule has 0 spiro atoms. The standard InChI is InChI=1S/C21H31N7O8/c22-12(3-5-16(23)29)20(34)28-7-1-2-15(28)19(33)27-14(8-11-9-24-10-25-11)18(32)26-13(21(35)36)4-6-17(30)31/h9-10,12-15H,1-8,22H2,(H2,23,29)(H,24,25)(H,26,32)(H,27,33)(H,30,31)(H,35,36). The van der Waals surface area contributed by atoms with Crippen molar-refractivity contribution in [2.45, 2.75) is 69.1 Å². The highest BCUT2D eigenvalue weighted by molar-refractivity contribution is 5.94. The minimum Gasteiger partial charge on any atom is -0.481 e. The minimum atomic E-state index is -1.48. The number of imidazole rings is 1. The molecule has 4 atom stereocenters. The van der Waals surface area contributed by atoms with Crippen LogP contribution in [-0.4, -0.2) is 91.4 Å². The van der Waals surface area contributed by atoms with E-state index in [-0.39, 0.29) is 32.2 Å². The van der Waals surface area contributed by atoms with Gasteiger partial charge >= 0.3 is 11.9 Å². The number of rotatable bonds is 14. The summed E-state index contributed by atoms with van der Waals surface area (Å²) in [5.41, 5.74) is 11.5. The molecule has 1 aromatic rings. The summed E-state index contributed by atoms with van der Waals surface area (Å²) in [6, 6.07) is -4.68. The SMILES string of the molecule is NC(=O)CCC(N)C(=O)N1CCCC1C(=O)NC(Cc1cnc[nH]1)C(=O)NC(CCC(=O)O)C(=O)O. The van der Waals surface area contributed by atoms with Crippen molar-refractivity contribution in [3.05, 3.63) is 18.2 Å². The van der Waals surface area contributed by atoms with Crippen LogP contribution in [0.2, 0.25) is 0 Å². The highest BCUT2D eigenvalue weighted by atomic mass is 16.4. The molecular formula is C21H31N7O8. The first-order chi connectivity index (χ1) is 17.0. The van der Waals surface area contributed by atoms with Crippen molar-refractivity contribution in [3.63, 3.8) is 0 Å². The lowest BCUT2D eigenvalue weighted by molar-refractivity contribution is -0.144. The van der Waals surface area contributed by atoms with Gasteiger partial charge in [-0.1, -0.05) is 0 Å². The van der Waals surface area contributed by atoms with E-state index in [1.165, 1.54) is 17.4 Å². The van der Waals surface area contributed by atoms with Gasteiger partial charge in [-0.15, -0.1) is 0 Å². The van der Waals surface area contributed by atoms with Crippen molar-refractivity contribution < 1.29 is 39.0 Å². The van der Waals surface area contributed by atoms with Crippen LogP contribution in [0.3, 0.4) is 0 Å². The maximum atomic E-state index is 13.1. The molecule has 0 saturated carbocycles. The van der Waals surface area contributed by atoms with Gasteiger partial charge in [0.1, 0.15) is 18.1 Å². The third-order valence-corrected chi connectivity index (χ3v) is 5.73. The monoisotopic (exact) mass is 509 g/mol. The van der Waals surface area contributed by atoms with Gasteiger partial charge in [-0.3, -0.25) is 24.0 Å². The lowest BCUT2D eigenvalue weighted by Gasteiger charge is -2.28. The molecule has 4 amide bonds. The van der Waals surface area contributed by atoms with E-state index in [4.69, 9.17) is 16.6 Å². The van der Waals surface area contributed by atoms with Crippen molar-refractivity contribution in [1.82, 2.24) is 25.5 Å². The van der Waals surface area contributed by atoms with Crippen LogP contribution >= 0.6 is 0 Å². The summed E-state index contributed by atoms with van der Waals surface area (Å²) in [5.74, 6) is -5.26. The molecule has 0 radical (unpaired) electrons. The van der Waals surface area contributed by atoms with E-state index in [1.54, 1.807) is 0 Å². The number of primary amides is 1. The molecular weight excluding hydrogens is 478 g/mol. The van der Waals surface area contributed by atoms with Crippen LogP contribution in [0.5, 0.6) is 0 Å². The first-order valence-electron chi connectivity index (χ1n) is 11.4. The Hall–Kier alpha value is -4.01. The van der Waals surface area contributed by atoms with E-state index >= 15 is 0 Å². The third kappa shape index (κ3) is 8.33. The van der Waals surface area contributed by atoms with Gasteiger partial charge < -0.3 is 42.2 Å². The Bertz CT molecular complexity index is 967. The third-order valence-electron chi connectivity index (χ3n) is 5.73. The summed E-state index contributed by atoms with van der Waals surface area (Å²) in [6.45, 7) is 0.259. The van der Waals surface area contributed by atoms with Gasteiger partial charge in [-0.2, -0.15) is 0 Å². The van der Waals surface area contributed by atoms with Gasteiger partial charge in [0, 0.05) is 37.7 Å². The second-order valence-corrected chi connectivity index (χ2v) is 8.48. The predicted molar refractivity (Wildman–Crippen MR) is 122 cm³/mol. The van der Waals surface area contributed by atoms with E-state index in [9.17, 15) is 33.9 Å². The van der Waals surface area contributed by atoms with Crippen LogP contribution in [0.15, 0.2) is 12.5 Å². The van der Waals surface area contributed by atoms with Crippen LogP contribution in [0.4, 0.5) is 0 Å². The maximum Gasteiger partial charge on any atom is 0.326 e.